The largest absolute Gasteiger partial charge is 0.472 e. The molecule has 0 fully saturated rings. The molecule has 17 nitrogen and oxygen atoms in total. The minimum Gasteiger partial charge on any atom is -0.462 e. The van der Waals surface area contributed by atoms with Crippen LogP contribution in [0.4, 0.5) is 0 Å². The van der Waals surface area contributed by atoms with Crippen molar-refractivity contribution in [3.8, 4) is 0 Å². The summed E-state index contributed by atoms with van der Waals surface area (Å²) in [6.07, 6.45) is 65.3. The van der Waals surface area contributed by atoms with Crippen molar-refractivity contribution in [1.29, 1.82) is 0 Å². The van der Waals surface area contributed by atoms with Crippen LogP contribution in [0.15, 0.2) is 0 Å². The summed E-state index contributed by atoms with van der Waals surface area (Å²) in [6, 6.07) is 0. The van der Waals surface area contributed by atoms with Crippen LogP contribution in [0.5, 0.6) is 0 Å². The molecule has 0 aliphatic carbocycles. The van der Waals surface area contributed by atoms with Gasteiger partial charge < -0.3 is 33.8 Å². The van der Waals surface area contributed by atoms with Gasteiger partial charge in [-0.2, -0.15) is 0 Å². The van der Waals surface area contributed by atoms with Crippen LogP contribution in [0, 0.1) is 23.7 Å². The molecule has 7 atom stereocenters. The number of aliphatic hydroxyl groups excluding tert-OH is 1. The summed E-state index contributed by atoms with van der Waals surface area (Å²) >= 11 is 0. The van der Waals surface area contributed by atoms with Crippen LogP contribution in [0.25, 0.3) is 0 Å². The molecular weight excluding hydrogens is 1380 g/mol. The van der Waals surface area contributed by atoms with E-state index in [1.807, 2.05) is 0 Å². The highest BCUT2D eigenvalue weighted by atomic mass is 31.2. The second kappa shape index (κ2) is 75.7. The van der Waals surface area contributed by atoms with Crippen LogP contribution in [-0.2, 0) is 65.4 Å². The van der Waals surface area contributed by atoms with Crippen molar-refractivity contribution in [2.75, 3.05) is 39.6 Å². The number of ether oxygens (including phenoxy) is 4. The Kier molecular flexibility index (Phi) is 74.3. The summed E-state index contributed by atoms with van der Waals surface area (Å²) in [4.78, 5) is 73.2. The molecule has 630 valence electrons. The zero-order chi connectivity index (χ0) is 78.1. The van der Waals surface area contributed by atoms with Gasteiger partial charge in [0, 0.05) is 25.7 Å². The summed E-state index contributed by atoms with van der Waals surface area (Å²) in [5.41, 5.74) is 0. The normalized spacial score (nSPS) is 14.4. The molecule has 3 N–H and O–H groups in total. The number of hydrogen-bond acceptors (Lipinski definition) is 15. The van der Waals surface area contributed by atoms with Crippen LogP contribution in [0.1, 0.15) is 453 Å². The van der Waals surface area contributed by atoms with Gasteiger partial charge in [-0.1, -0.05) is 402 Å². The third-order valence-corrected chi connectivity index (χ3v) is 22.9. The average molecular weight is 1550 g/mol. The van der Waals surface area contributed by atoms with Crippen LogP contribution < -0.4 is 0 Å². The first-order valence-electron chi connectivity index (χ1n) is 44.8. The van der Waals surface area contributed by atoms with Gasteiger partial charge in [-0.25, -0.2) is 9.13 Å². The molecule has 0 aliphatic heterocycles. The van der Waals surface area contributed by atoms with E-state index in [0.29, 0.717) is 25.7 Å². The molecule has 0 aromatic carbocycles. The average Bonchev–Trinajstić information content (AvgIpc) is 0.889. The zero-order valence-corrected chi connectivity index (χ0v) is 71.9. The number of carbonyl (C=O) groups excluding carboxylic acids is 4. The lowest BCUT2D eigenvalue weighted by Gasteiger charge is -2.21. The standard InChI is InChI=1S/C87H170O17P2/c1-9-79(7)65-57-49-41-35-29-23-15-13-11-12-14-16-24-30-36-42-51-59-67-84(89)97-73-82(103-86(91)69-61-53-43-37-31-25-19-17-21-27-33-39-47-55-63-77(3)4)75-101-105(93,94)99-71-81(88)72-100-106(95,96)102-76-83(74-98-85(90)68-60-52-46-45-50-58-66-80(8)10-2)104-87(92)70-62-54-44-38-32-26-20-18-22-28-34-40-48-56-64-78(5)6/h77-83,88H,9-76H2,1-8H3,(H,93,94)(H,95,96)/t79?,80?,81-,82-,83-/m1/s1. The van der Waals surface area contributed by atoms with Gasteiger partial charge in [-0.15, -0.1) is 0 Å². The van der Waals surface area contributed by atoms with Crippen molar-refractivity contribution < 1.29 is 80.2 Å². The Morgan fingerprint density at radius 3 is 0.670 bits per heavy atom. The molecule has 0 heterocycles. The van der Waals surface area contributed by atoms with Crippen LogP contribution in [-0.4, -0.2) is 96.7 Å². The Hall–Kier alpha value is -1.94. The molecule has 0 radical (unpaired) electrons. The number of rotatable bonds is 84. The van der Waals surface area contributed by atoms with Gasteiger partial charge in [0.15, 0.2) is 12.2 Å². The van der Waals surface area contributed by atoms with E-state index in [9.17, 15) is 43.2 Å². The fraction of sp³-hybridized carbons (Fsp3) is 0.954. The second-order valence-corrected chi connectivity index (χ2v) is 35.6. The first-order valence-corrected chi connectivity index (χ1v) is 47.8. The maximum Gasteiger partial charge on any atom is 0.472 e. The lowest BCUT2D eigenvalue weighted by Crippen LogP contribution is -2.30. The number of hydrogen-bond donors (Lipinski definition) is 3. The number of phosphoric ester groups is 2. The summed E-state index contributed by atoms with van der Waals surface area (Å²) in [6.45, 7) is 14.4. The highest BCUT2D eigenvalue weighted by molar-refractivity contribution is 7.47. The van der Waals surface area contributed by atoms with Crippen molar-refractivity contribution in [2.24, 2.45) is 23.7 Å². The molecule has 0 aromatic heterocycles. The molecule has 4 unspecified atom stereocenters. The molecule has 19 heteroatoms. The van der Waals surface area contributed by atoms with E-state index in [4.69, 9.17) is 37.0 Å². The third-order valence-electron chi connectivity index (χ3n) is 21.0. The van der Waals surface area contributed by atoms with Gasteiger partial charge in [0.25, 0.3) is 0 Å². The Balaban J connectivity index is 5.22. The van der Waals surface area contributed by atoms with Crippen molar-refractivity contribution >= 4 is 39.5 Å². The van der Waals surface area contributed by atoms with Crippen molar-refractivity contribution in [3.63, 3.8) is 0 Å². The minimum atomic E-state index is -4.97. The summed E-state index contributed by atoms with van der Waals surface area (Å²) in [5, 5.41) is 10.7. The summed E-state index contributed by atoms with van der Waals surface area (Å²) < 4.78 is 68.9. The van der Waals surface area contributed by atoms with E-state index < -0.39 is 97.5 Å². The highest BCUT2D eigenvalue weighted by Gasteiger charge is 2.31. The minimum absolute atomic E-state index is 0.106. The zero-order valence-electron chi connectivity index (χ0n) is 70.1. The smallest absolute Gasteiger partial charge is 0.462 e. The molecule has 106 heavy (non-hydrogen) atoms. The van der Waals surface area contributed by atoms with Gasteiger partial charge in [-0.05, 0) is 49.4 Å². The third kappa shape index (κ3) is 77.4. The SMILES string of the molecule is CCC(C)CCCCCCCCCCCCCCCCCCCCC(=O)OC[C@H](COP(=O)(O)OC[C@@H](O)COP(=O)(O)OC[C@@H](COC(=O)CCCCCCCCC(C)CC)OC(=O)CCCCCCCCCCCCCCCCC(C)C)OC(=O)CCCCCCCCCCCCCCCCC(C)C. The van der Waals surface area contributed by atoms with E-state index >= 15 is 0 Å². The van der Waals surface area contributed by atoms with Crippen LogP contribution in [0.3, 0.4) is 0 Å². The number of unbranched alkanes of at least 4 members (excludes halogenated alkanes) is 48. The maximum atomic E-state index is 13.2. The second-order valence-electron chi connectivity index (χ2n) is 32.7. The number of carbonyl (C=O) groups is 4. The first kappa shape index (κ1) is 104. The molecule has 0 aromatic rings. The Labute approximate surface area is 651 Å². The number of phosphoric acid groups is 2. The van der Waals surface area contributed by atoms with Crippen molar-refractivity contribution in [3.05, 3.63) is 0 Å². The van der Waals surface area contributed by atoms with Gasteiger partial charge in [0.05, 0.1) is 26.4 Å². The van der Waals surface area contributed by atoms with E-state index in [-0.39, 0.29) is 25.7 Å². The van der Waals surface area contributed by atoms with Crippen molar-refractivity contribution in [2.45, 2.75) is 472 Å². The van der Waals surface area contributed by atoms with Gasteiger partial charge >= 0.3 is 39.5 Å². The Morgan fingerprint density at radius 1 is 0.264 bits per heavy atom. The quantitative estimate of drug-likeness (QED) is 0.0222. The van der Waals surface area contributed by atoms with Gasteiger partial charge in [0.1, 0.15) is 19.3 Å². The molecule has 0 spiro atoms. The van der Waals surface area contributed by atoms with Crippen LogP contribution in [0.2, 0.25) is 0 Å². The molecule has 0 saturated carbocycles. The van der Waals surface area contributed by atoms with Gasteiger partial charge in [-0.3, -0.25) is 37.3 Å². The topological polar surface area (TPSA) is 237 Å². The lowest BCUT2D eigenvalue weighted by atomic mass is 9.99. The molecule has 0 rings (SSSR count). The highest BCUT2D eigenvalue weighted by Crippen LogP contribution is 2.45. The Morgan fingerprint density at radius 2 is 0.453 bits per heavy atom. The summed E-state index contributed by atoms with van der Waals surface area (Å²) in [5.74, 6) is 1.09. The van der Waals surface area contributed by atoms with E-state index in [0.717, 1.165) is 120 Å². The van der Waals surface area contributed by atoms with Gasteiger partial charge in [0.2, 0.25) is 0 Å². The molecular formula is C87H170O17P2. The predicted octanol–water partition coefficient (Wildman–Crippen LogP) is 26.3. The fourth-order valence-corrected chi connectivity index (χ4v) is 15.0. The fourth-order valence-electron chi connectivity index (χ4n) is 13.4. The van der Waals surface area contributed by atoms with Crippen molar-refractivity contribution in [1.82, 2.24) is 0 Å². The van der Waals surface area contributed by atoms with E-state index in [1.165, 1.54) is 250 Å². The molecule has 0 aliphatic rings. The lowest BCUT2D eigenvalue weighted by molar-refractivity contribution is -0.161. The predicted molar refractivity (Wildman–Crippen MR) is 437 cm³/mol. The molecule has 0 saturated heterocycles. The summed E-state index contributed by atoms with van der Waals surface area (Å²) in [7, 11) is -9.93. The van der Waals surface area contributed by atoms with E-state index in [1.54, 1.807) is 0 Å². The monoisotopic (exact) mass is 1550 g/mol. The van der Waals surface area contributed by atoms with Crippen LogP contribution >= 0.6 is 15.6 Å². The maximum absolute atomic E-state index is 13.2. The first-order chi connectivity index (χ1) is 51.2. The molecule has 0 bridgehead atoms. The van der Waals surface area contributed by atoms with E-state index in [2.05, 4.69) is 55.4 Å². The number of aliphatic hydroxyl groups is 1. The molecule has 0 amide bonds. The Bertz CT molecular complexity index is 2060. The number of esters is 4.